The van der Waals surface area contributed by atoms with Crippen LogP contribution in [-0.4, -0.2) is 29.9 Å². The lowest BCUT2D eigenvalue weighted by Crippen LogP contribution is -2.33. The van der Waals surface area contributed by atoms with Crippen molar-refractivity contribution in [2.24, 2.45) is 0 Å². The molecule has 0 saturated heterocycles. The molecule has 0 spiro atoms. The molecule has 0 aliphatic heterocycles. The maximum atomic E-state index is 11.8. The number of anilines is 1. The minimum absolute atomic E-state index is 0.289. The Morgan fingerprint density at radius 2 is 2.20 bits per heavy atom. The SMILES string of the molecule is O=S(=O)(Nc1ccccn1)C1(CO)CC1. The molecule has 1 aliphatic carbocycles. The fourth-order valence-corrected chi connectivity index (χ4v) is 2.74. The van der Waals surface area contributed by atoms with E-state index in [0.717, 1.165) is 0 Å². The van der Waals surface area contributed by atoms with E-state index in [2.05, 4.69) is 9.71 Å². The third kappa shape index (κ3) is 1.82. The second-order valence-electron chi connectivity index (χ2n) is 3.66. The molecule has 1 heterocycles. The van der Waals surface area contributed by atoms with Crippen molar-refractivity contribution >= 4 is 15.8 Å². The van der Waals surface area contributed by atoms with Crippen molar-refractivity contribution in [3.05, 3.63) is 24.4 Å². The van der Waals surface area contributed by atoms with Gasteiger partial charge in [-0.2, -0.15) is 0 Å². The van der Waals surface area contributed by atoms with Crippen molar-refractivity contribution in [3.8, 4) is 0 Å². The van der Waals surface area contributed by atoms with Gasteiger partial charge in [-0.3, -0.25) is 4.72 Å². The summed E-state index contributed by atoms with van der Waals surface area (Å²) in [5.74, 6) is 0.289. The van der Waals surface area contributed by atoms with Crippen molar-refractivity contribution in [2.75, 3.05) is 11.3 Å². The average molecular weight is 228 g/mol. The van der Waals surface area contributed by atoms with E-state index in [1.54, 1.807) is 18.2 Å². The maximum Gasteiger partial charge on any atom is 0.241 e. The summed E-state index contributed by atoms with van der Waals surface area (Å²) in [6.07, 6.45) is 2.52. The Morgan fingerprint density at radius 1 is 1.47 bits per heavy atom. The molecule has 0 unspecified atom stereocenters. The lowest BCUT2D eigenvalue weighted by molar-refractivity contribution is 0.284. The molecule has 2 N–H and O–H groups in total. The van der Waals surface area contributed by atoms with Gasteiger partial charge < -0.3 is 5.11 Å². The molecule has 2 rings (SSSR count). The van der Waals surface area contributed by atoms with Gasteiger partial charge in [0.2, 0.25) is 10.0 Å². The standard InChI is InChI=1S/C9H12N2O3S/c12-7-9(4-5-9)15(13,14)11-8-3-1-2-6-10-8/h1-3,6,12H,4-5,7H2,(H,10,11). The summed E-state index contributed by atoms with van der Waals surface area (Å²) < 4.78 is 25.0. The van der Waals surface area contributed by atoms with Crippen LogP contribution in [0, 0.1) is 0 Å². The molecule has 0 atom stereocenters. The zero-order chi connectivity index (χ0) is 10.9. The zero-order valence-corrected chi connectivity index (χ0v) is 8.87. The number of sulfonamides is 1. The molecule has 1 fully saturated rings. The van der Waals surface area contributed by atoms with Crippen molar-refractivity contribution in [2.45, 2.75) is 17.6 Å². The largest absolute Gasteiger partial charge is 0.395 e. The molecule has 1 saturated carbocycles. The summed E-state index contributed by atoms with van der Waals surface area (Å²) in [4.78, 5) is 3.87. The minimum atomic E-state index is -3.51. The monoisotopic (exact) mass is 228 g/mol. The van der Waals surface area contributed by atoms with E-state index in [1.807, 2.05) is 0 Å². The fourth-order valence-electron chi connectivity index (χ4n) is 1.32. The normalized spacial score (nSPS) is 18.5. The van der Waals surface area contributed by atoms with Gasteiger partial charge in [0, 0.05) is 6.20 Å². The van der Waals surface area contributed by atoms with Crippen molar-refractivity contribution < 1.29 is 13.5 Å². The summed E-state index contributed by atoms with van der Waals surface area (Å²) in [6, 6.07) is 4.98. The van der Waals surface area contributed by atoms with Crippen LogP contribution in [0.5, 0.6) is 0 Å². The predicted molar refractivity (Wildman–Crippen MR) is 55.8 cm³/mol. The number of nitrogens with one attached hydrogen (secondary N) is 1. The second-order valence-corrected chi connectivity index (χ2v) is 5.74. The Kier molecular flexibility index (Phi) is 2.40. The van der Waals surface area contributed by atoms with E-state index in [-0.39, 0.29) is 12.4 Å². The molecule has 1 aromatic rings. The molecular weight excluding hydrogens is 216 g/mol. The van der Waals surface area contributed by atoms with Crippen LogP contribution in [-0.2, 0) is 10.0 Å². The molecule has 0 bridgehead atoms. The Bertz CT molecular complexity index is 440. The minimum Gasteiger partial charge on any atom is -0.395 e. The van der Waals surface area contributed by atoms with Crippen LogP contribution in [0.2, 0.25) is 0 Å². The van der Waals surface area contributed by atoms with E-state index in [9.17, 15) is 8.42 Å². The van der Waals surface area contributed by atoms with Crippen LogP contribution >= 0.6 is 0 Å². The molecule has 82 valence electrons. The lowest BCUT2D eigenvalue weighted by atomic mass is 10.5. The molecule has 15 heavy (non-hydrogen) atoms. The molecule has 5 nitrogen and oxygen atoms in total. The van der Waals surface area contributed by atoms with Gasteiger partial charge >= 0.3 is 0 Å². The number of rotatable bonds is 4. The van der Waals surface area contributed by atoms with E-state index in [1.165, 1.54) is 6.20 Å². The van der Waals surface area contributed by atoms with Gasteiger partial charge in [-0.15, -0.1) is 0 Å². The van der Waals surface area contributed by atoms with Gasteiger partial charge in [-0.1, -0.05) is 6.07 Å². The summed E-state index contributed by atoms with van der Waals surface area (Å²) in [5.41, 5.74) is 0. The first-order chi connectivity index (χ1) is 7.10. The zero-order valence-electron chi connectivity index (χ0n) is 8.05. The number of pyridine rings is 1. The molecule has 1 aromatic heterocycles. The first-order valence-corrected chi connectivity index (χ1v) is 6.12. The highest BCUT2D eigenvalue weighted by atomic mass is 32.2. The third-order valence-electron chi connectivity index (χ3n) is 2.57. The number of hydrogen-bond donors (Lipinski definition) is 2. The summed E-state index contributed by atoms with van der Waals surface area (Å²) in [6.45, 7) is -0.338. The number of aliphatic hydroxyl groups is 1. The molecule has 0 aromatic carbocycles. The smallest absolute Gasteiger partial charge is 0.241 e. The highest BCUT2D eigenvalue weighted by Gasteiger charge is 2.54. The lowest BCUT2D eigenvalue weighted by Gasteiger charge is -2.14. The van der Waals surface area contributed by atoms with Gasteiger partial charge in [-0.25, -0.2) is 13.4 Å². The molecule has 6 heteroatoms. The van der Waals surface area contributed by atoms with Gasteiger partial charge in [0.1, 0.15) is 10.6 Å². The number of hydrogen-bond acceptors (Lipinski definition) is 4. The van der Waals surface area contributed by atoms with Gasteiger partial charge in [0.25, 0.3) is 0 Å². The highest BCUT2D eigenvalue weighted by molar-refractivity contribution is 7.94. The predicted octanol–water partition coefficient (Wildman–Crippen LogP) is 0.348. The van der Waals surface area contributed by atoms with Crippen molar-refractivity contribution in [1.29, 1.82) is 0 Å². The Morgan fingerprint density at radius 3 is 2.67 bits per heavy atom. The Labute approximate surface area is 88.2 Å². The van der Waals surface area contributed by atoms with Crippen LogP contribution in [0.25, 0.3) is 0 Å². The van der Waals surface area contributed by atoms with Gasteiger partial charge in [-0.05, 0) is 25.0 Å². The molecule has 0 amide bonds. The van der Waals surface area contributed by atoms with E-state index in [0.29, 0.717) is 12.8 Å². The molecular formula is C9H12N2O3S. The molecule has 1 aliphatic rings. The Hall–Kier alpha value is -1.14. The van der Waals surface area contributed by atoms with Crippen LogP contribution < -0.4 is 4.72 Å². The van der Waals surface area contributed by atoms with Crippen LogP contribution in [0.4, 0.5) is 5.82 Å². The van der Waals surface area contributed by atoms with Gasteiger partial charge in [0.15, 0.2) is 0 Å². The second kappa shape index (κ2) is 3.46. The van der Waals surface area contributed by atoms with E-state index in [4.69, 9.17) is 5.11 Å². The fraction of sp³-hybridized carbons (Fsp3) is 0.444. The third-order valence-corrected chi connectivity index (χ3v) is 4.73. The summed E-state index contributed by atoms with van der Waals surface area (Å²) in [5, 5.41) is 9.03. The number of aliphatic hydroxyl groups excluding tert-OH is 1. The van der Waals surface area contributed by atoms with Crippen LogP contribution in [0.15, 0.2) is 24.4 Å². The Balaban J connectivity index is 2.19. The topological polar surface area (TPSA) is 79.3 Å². The van der Waals surface area contributed by atoms with Crippen molar-refractivity contribution in [3.63, 3.8) is 0 Å². The first kappa shape index (κ1) is 10.4. The highest BCUT2D eigenvalue weighted by Crippen LogP contribution is 2.43. The molecule has 0 radical (unpaired) electrons. The maximum absolute atomic E-state index is 11.8. The summed E-state index contributed by atoms with van der Waals surface area (Å²) >= 11 is 0. The number of nitrogens with zero attached hydrogens (tertiary/aromatic N) is 1. The number of aromatic nitrogens is 1. The van der Waals surface area contributed by atoms with Crippen LogP contribution in [0.1, 0.15) is 12.8 Å². The average Bonchev–Trinajstić information content (AvgIpc) is 2.99. The van der Waals surface area contributed by atoms with Crippen molar-refractivity contribution in [1.82, 2.24) is 4.98 Å². The van der Waals surface area contributed by atoms with Gasteiger partial charge in [0.05, 0.1) is 6.61 Å². The van der Waals surface area contributed by atoms with E-state index < -0.39 is 14.8 Å². The van der Waals surface area contributed by atoms with Crippen LogP contribution in [0.3, 0.4) is 0 Å². The quantitative estimate of drug-likeness (QED) is 0.779. The first-order valence-electron chi connectivity index (χ1n) is 4.64. The van der Waals surface area contributed by atoms with E-state index >= 15 is 0 Å². The summed E-state index contributed by atoms with van der Waals surface area (Å²) in [7, 11) is -3.51.